The van der Waals surface area contributed by atoms with Crippen molar-refractivity contribution in [3.63, 3.8) is 0 Å². The number of aryl methyl sites for hydroxylation is 1. The Morgan fingerprint density at radius 3 is 2.71 bits per heavy atom. The molecule has 1 saturated heterocycles. The zero-order chi connectivity index (χ0) is 14.7. The third-order valence-corrected chi connectivity index (χ3v) is 3.20. The molecule has 1 fully saturated rings. The van der Waals surface area contributed by atoms with Gasteiger partial charge in [-0.2, -0.15) is 15.0 Å². The van der Waals surface area contributed by atoms with Crippen molar-refractivity contribution < 1.29 is 4.74 Å². The highest BCUT2D eigenvalue weighted by atomic mass is 16.5. The van der Waals surface area contributed by atoms with Gasteiger partial charge in [0.05, 0.1) is 19.4 Å². The highest BCUT2D eigenvalue weighted by Gasteiger charge is 2.18. The van der Waals surface area contributed by atoms with E-state index in [0.717, 1.165) is 25.3 Å². The van der Waals surface area contributed by atoms with Gasteiger partial charge in [0, 0.05) is 26.7 Å². The Bertz CT molecular complexity index is 607. The minimum atomic E-state index is 0.560. The Hall–Kier alpha value is -2.29. The zero-order valence-corrected chi connectivity index (χ0v) is 12.2. The third-order valence-electron chi connectivity index (χ3n) is 3.20. The van der Waals surface area contributed by atoms with Crippen LogP contribution in [0.5, 0.6) is 0 Å². The van der Waals surface area contributed by atoms with Gasteiger partial charge in [0.2, 0.25) is 11.9 Å². The van der Waals surface area contributed by atoms with Gasteiger partial charge in [0.25, 0.3) is 0 Å². The predicted octanol–water partition coefficient (Wildman–Crippen LogP) is -0.0645. The molecule has 1 aliphatic heterocycles. The van der Waals surface area contributed by atoms with Crippen LogP contribution in [0.15, 0.2) is 6.20 Å². The summed E-state index contributed by atoms with van der Waals surface area (Å²) in [6, 6.07) is 0. The van der Waals surface area contributed by atoms with Crippen LogP contribution in [0.4, 0.5) is 11.9 Å². The third kappa shape index (κ3) is 2.92. The van der Waals surface area contributed by atoms with Gasteiger partial charge in [0.1, 0.15) is 5.69 Å². The smallest absolute Gasteiger partial charge is 0.230 e. The van der Waals surface area contributed by atoms with Gasteiger partial charge >= 0.3 is 0 Å². The normalized spacial score (nSPS) is 15.2. The molecule has 0 spiro atoms. The number of nitrogens with one attached hydrogen (secondary N) is 1. The molecular weight excluding hydrogens is 272 g/mol. The monoisotopic (exact) mass is 290 g/mol. The summed E-state index contributed by atoms with van der Waals surface area (Å²) in [6.07, 6.45) is 1.65. The average Bonchev–Trinajstić information content (AvgIpc) is 2.94. The summed E-state index contributed by atoms with van der Waals surface area (Å²) in [4.78, 5) is 15.5. The fourth-order valence-electron chi connectivity index (χ4n) is 2.11. The topological polar surface area (TPSA) is 93.9 Å². The summed E-state index contributed by atoms with van der Waals surface area (Å²) in [6.45, 7) is 5.67. The highest BCUT2D eigenvalue weighted by Crippen LogP contribution is 2.19. The zero-order valence-electron chi connectivity index (χ0n) is 12.2. The molecule has 0 aliphatic carbocycles. The van der Waals surface area contributed by atoms with E-state index in [2.05, 4.69) is 35.5 Å². The predicted molar refractivity (Wildman–Crippen MR) is 77.0 cm³/mol. The van der Waals surface area contributed by atoms with Gasteiger partial charge in [-0.3, -0.25) is 0 Å². The molecule has 9 nitrogen and oxygen atoms in total. The van der Waals surface area contributed by atoms with Crippen LogP contribution in [-0.4, -0.2) is 62.8 Å². The van der Waals surface area contributed by atoms with E-state index in [4.69, 9.17) is 4.74 Å². The molecule has 0 radical (unpaired) electrons. The number of anilines is 2. The Morgan fingerprint density at radius 1 is 1.24 bits per heavy atom. The van der Waals surface area contributed by atoms with Crippen LogP contribution in [0.2, 0.25) is 0 Å². The van der Waals surface area contributed by atoms with Crippen molar-refractivity contribution in [1.29, 1.82) is 0 Å². The molecule has 2 aromatic heterocycles. The van der Waals surface area contributed by atoms with Gasteiger partial charge in [-0.15, -0.1) is 5.10 Å². The summed E-state index contributed by atoms with van der Waals surface area (Å²) in [7, 11) is 1.81. The van der Waals surface area contributed by atoms with E-state index in [1.54, 1.807) is 10.9 Å². The van der Waals surface area contributed by atoms with E-state index in [-0.39, 0.29) is 0 Å². The summed E-state index contributed by atoms with van der Waals surface area (Å²) >= 11 is 0. The first kappa shape index (κ1) is 13.7. The highest BCUT2D eigenvalue weighted by molar-refractivity contribution is 5.53. The molecule has 0 atom stereocenters. The molecule has 0 bridgehead atoms. The van der Waals surface area contributed by atoms with Crippen molar-refractivity contribution in [2.24, 2.45) is 7.05 Å². The molecule has 0 amide bonds. The molecule has 3 heterocycles. The molecule has 9 heteroatoms. The molecular formula is C12H18N8O. The molecule has 112 valence electrons. The molecule has 21 heavy (non-hydrogen) atoms. The first-order chi connectivity index (χ1) is 10.3. The quantitative estimate of drug-likeness (QED) is 0.836. The van der Waals surface area contributed by atoms with Crippen molar-refractivity contribution in [3.05, 3.63) is 6.20 Å². The van der Waals surface area contributed by atoms with Crippen molar-refractivity contribution in [1.82, 2.24) is 29.9 Å². The summed E-state index contributed by atoms with van der Waals surface area (Å²) in [5.74, 6) is 1.78. The second-order valence-corrected chi connectivity index (χ2v) is 4.66. The fraction of sp³-hybridized carbons (Fsp3) is 0.583. The van der Waals surface area contributed by atoms with Gasteiger partial charge in [-0.1, -0.05) is 5.21 Å². The molecule has 1 N–H and O–H groups in total. The average molecular weight is 290 g/mol. The molecule has 2 aromatic rings. The number of hydrogen-bond acceptors (Lipinski definition) is 8. The summed E-state index contributed by atoms with van der Waals surface area (Å²) in [5, 5.41) is 10.9. The van der Waals surface area contributed by atoms with Crippen LogP contribution in [0.25, 0.3) is 11.5 Å². The number of nitrogens with zero attached hydrogens (tertiary/aromatic N) is 7. The van der Waals surface area contributed by atoms with Crippen LogP contribution in [0.1, 0.15) is 6.92 Å². The van der Waals surface area contributed by atoms with Crippen molar-refractivity contribution in [2.45, 2.75) is 6.92 Å². The Kier molecular flexibility index (Phi) is 3.91. The Balaban J connectivity index is 1.99. The van der Waals surface area contributed by atoms with Crippen LogP contribution in [-0.2, 0) is 11.8 Å². The van der Waals surface area contributed by atoms with E-state index < -0.39 is 0 Å². The number of hydrogen-bond donors (Lipinski definition) is 1. The second-order valence-electron chi connectivity index (χ2n) is 4.66. The van der Waals surface area contributed by atoms with Gasteiger partial charge < -0.3 is 15.0 Å². The van der Waals surface area contributed by atoms with E-state index in [1.165, 1.54) is 0 Å². The lowest BCUT2D eigenvalue weighted by molar-refractivity contribution is 0.122. The van der Waals surface area contributed by atoms with E-state index in [0.29, 0.717) is 30.9 Å². The van der Waals surface area contributed by atoms with Crippen LogP contribution in [0.3, 0.4) is 0 Å². The molecule has 0 saturated carbocycles. The minimum absolute atomic E-state index is 0.560. The van der Waals surface area contributed by atoms with E-state index >= 15 is 0 Å². The van der Waals surface area contributed by atoms with Crippen LogP contribution in [0, 0.1) is 0 Å². The van der Waals surface area contributed by atoms with Crippen molar-refractivity contribution in [3.8, 4) is 11.5 Å². The first-order valence-electron chi connectivity index (χ1n) is 6.95. The standard InChI is InChI=1S/C12H18N8O/c1-3-13-11-15-10(9-8-14-18-19(9)2)16-12(17-11)20-4-6-21-7-5-20/h8H,3-7H2,1-2H3,(H,13,15,16,17). The van der Waals surface area contributed by atoms with Gasteiger partial charge in [0.15, 0.2) is 5.82 Å². The van der Waals surface area contributed by atoms with Crippen LogP contribution < -0.4 is 10.2 Å². The van der Waals surface area contributed by atoms with Crippen molar-refractivity contribution >= 4 is 11.9 Å². The summed E-state index contributed by atoms with van der Waals surface area (Å²) < 4.78 is 7.01. The SMILES string of the molecule is CCNc1nc(-c2cnnn2C)nc(N2CCOCC2)n1. The van der Waals surface area contributed by atoms with Gasteiger partial charge in [-0.05, 0) is 6.92 Å². The number of ether oxygens (including phenoxy) is 1. The molecule has 0 unspecified atom stereocenters. The lowest BCUT2D eigenvalue weighted by Gasteiger charge is -2.27. The lowest BCUT2D eigenvalue weighted by Crippen LogP contribution is -2.37. The Morgan fingerprint density at radius 2 is 2.05 bits per heavy atom. The maximum absolute atomic E-state index is 5.37. The number of rotatable bonds is 4. The van der Waals surface area contributed by atoms with Crippen LogP contribution >= 0.6 is 0 Å². The van der Waals surface area contributed by atoms with E-state index in [9.17, 15) is 0 Å². The van der Waals surface area contributed by atoms with E-state index in [1.807, 2.05) is 14.0 Å². The number of morpholine rings is 1. The minimum Gasteiger partial charge on any atom is -0.378 e. The fourth-order valence-corrected chi connectivity index (χ4v) is 2.11. The summed E-state index contributed by atoms with van der Waals surface area (Å²) in [5.41, 5.74) is 0.756. The largest absolute Gasteiger partial charge is 0.378 e. The maximum Gasteiger partial charge on any atom is 0.230 e. The Labute approximate surface area is 122 Å². The first-order valence-corrected chi connectivity index (χ1v) is 6.95. The maximum atomic E-state index is 5.37. The molecule has 1 aliphatic rings. The number of aromatic nitrogens is 6. The second kappa shape index (κ2) is 6.00. The van der Waals surface area contributed by atoms with Gasteiger partial charge in [-0.25, -0.2) is 4.68 Å². The molecule has 3 rings (SSSR count). The molecule has 0 aromatic carbocycles. The van der Waals surface area contributed by atoms with Crippen molar-refractivity contribution in [2.75, 3.05) is 43.1 Å². The lowest BCUT2D eigenvalue weighted by atomic mass is 10.4.